The minimum atomic E-state index is -0.175. The highest BCUT2D eigenvalue weighted by Crippen LogP contribution is 2.46. The van der Waals surface area contributed by atoms with E-state index in [1.54, 1.807) is 28.7 Å². The number of amides is 1. The highest BCUT2D eigenvalue weighted by molar-refractivity contribution is 7.23. The molecule has 166 valence electrons. The van der Waals surface area contributed by atoms with Crippen molar-refractivity contribution in [1.29, 1.82) is 0 Å². The summed E-state index contributed by atoms with van der Waals surface area (Å²) in [5.74, 6) is -0.175. The van der Waals surface area contributed by atoms with Gasteiger partial charge >= 0.3 is 0 Å². The van der Waals surface area contributed by atoms with Gasteiger partial charge in [-0.05, 0) is 57.9 Å². The first-order chi connectivity index (χ1) is 15.4. The van der Waals surface area contributed by atoms with E-state index in [4.69, 9.17) is 4.98 Å². The monoisotopic (exact) mass is 465 g/mol. The SMILES string of the molecule is CC(C)N1CCc2c(sc(NC(=O)c3ccn(C(C)C)n3)c2-c2nc3ccccc3s2)C1. The van der Waals surface area contributed by atoms with Crippen molar-refractivity contribution in [3.8, 4) is 10.6 Å². The van der Waals surface area contributed by atoms with E-state index in [0.717, 1.165) is 45.3 Å². The number of carbonyl (C=O) groups is 1. The first kappa shape index (κ1) is 21.3. The Labute approximate surface area is 195 Å². The van der Waals surface area contributed by atoms with E-state index < -0.39 is 0 Å². The maximum atomic E-state index is 13.1. The first-order valence-corrected chi connectivity index (χ1v) is 12.6. The maximum Gasteiger partial charge on any atom is 0.276 e. The van der Waals surface area contributed by atoms with E-state index in [9.17, 15) is 4.79 Å². The third-order valence-corrected chi connectivity index (χ3v) is 8.11. The number of rotatable bonds is 5. The molecule has 0 fully saturated rings. The largest absolute Gasteiger partial charge is 0.312 e. The minimum Gasteiger partial charge on any atom is -0.312 e. The van der Waals surface area contributed by atoms with E-state index in [1.165, 1.54) is 10.4 Å². The molecule has 5 rings (SSSR count). The van der Waals surface area contributed by atoms with Gasteiger partial charge in [0.15, 0.2) is 5.69 Å². The molecule has 0 spiro atoms. The van der Waals surface area contributed by atoms with E-state index in [2.05, 4.69) is 35.2 Å². The number of benzene rings is 1. The summed E-state index contributed by atoms with van der Waals surface area (Å²) >= 11 is 3.37. The highest BCUT2D eigenvalue weighted by atomic mass is 32.1. The fourth-order valence-electron chi connectivity index (χ4n) is 4.07. The molecule has 0 bridgehead atoms. The normalized spacial score (nSPS) is 14.4. The van der Waals surface area contributed by atoms with Gasteiger partial charge in [0.2, 0.25) is 0 Å². The van der Waals surface area contributed by atoms with Crippen LogP contribution < -0.4 is 5.32 Å². The molecular weight excluding hydrogens is 438 g/mol. The number of nitrogens with one attached hydrogen (secondary N) is 1. The van der Waals surface area contributed by atoms with Gasteiger partial charge in [-0.25, -0.2) is 4.98 Å². The van der Waals surface area contributed by atoms with Gasteiger partial charge in [0.05, 0.1) is 10.2 Å². The lowest BCUT2D eigenvalue weighted by Gasteiger charge is -2.30. The zero-order chi connectivity index (χ0) is 22.4. The molecule has 1 N–H and O–H groups in total. The van der Waals surface area contributed by atoms with Gasteiger partial charge in [-0.2, -0.15) is 5.10 Å². The zero-order valence-corrected chi connectivity index (χ0v) is 20.4. The topological polar surface area (TPSA) is 63.1 Å². The van der Waals surface area contributed by atoms with Crippen LogP contribution in [0.1, 0.15) is 54.7 Å². The number of fused-ring (bicyclic) bond motifs is 2. The summed E-state index contributed by atoms with van der Waals surface area (Å²) in [5, 5.41) is 9.48. The molecule has 6 nitrogen and oxygen atoms in total. The van der Waals surface area contributed by atoms with E-state index >= 15 is 0 Å². The van der Waals surface area contributed by atoms with Crippen molar-refractivity contribution in [1.82, 2.24) is 19.7 Å². The van der Waals surface area contributed by atoms with Crippen molar-refractivity contribution in [2.24, 2.45) is 0 Å². The molecule has 0 saturated carbocycles. The van der Waals surface area contributed by atoms with Crippen LogP contribution in [0.25, 0.3) is 20.8 Å². The fourth-order valence-corrected chi connectivity index (χ4v) is 6.45. The number of carbonyl (C=O) groups excluding carboxylic acids is 1. The van der Waals surface area contributed by atoms with Crippen molar-refractivity contribution >= 4 is 43.8 Å². The van der Waals surface area contributed by atoms with Crippen LogP contribution in [0.15, 0.2) is 36.5 Å². The van der Waals surface area contributed by atoms with Crippen LogP contribution in [-0.4, -0.2) is 38.2 Å². The lowest BCUT2D eigenvalue weighted by molar-refractivity contribution is 0.102. The van der Waals surface area contributed by atoms with Crippen LogP contribution in [0.3, 0.4) is 0 Å². The van der Waals surface area contributed by atoms with Crippen molar-refractivity contribution in [2.45, 2.75) is 52.7 Å². The summed E-state index contributed by atoms with van der Waals surface area (Å²) in [5.41, 5.74) is 3.85. The average Bonchev–Trinajstić information content (AvgIpc) is 3.48. The Hall–Kier alpha value is -2.55. The lowest BCUT2D eigenvalue weighted by Crippen LogP contribution is -2.35. The molecule has 1 aliphatic rings. The number of anilines is 1. The molecule has 3 aromatic heterocycles. The summed E-state index contributed by atoms with van der Waals surface area (Å²) in [6.07, 6.45) is 2.82. The molecule has 0 atom stereocenters. The number of para-hydroxylation sites is 1. The number of nitrogens with zero attached hydrogens (tertiary/aromatic N) is 4. The number of hydrogen-bond donors (Lipinski definition) is 1. The summed E-state index contributed by atoms with van der Waals surface area (Å²) < 4.78 is 2.97. The number of hydrogen-bond acceptors (Lipinski definition) is 6. The van der Waals surface area contributed by atoms with E-state index in [0.29, 0.717) is 11.7 Å². The second kappa shape index (κ2) is 8.42. The third kappa shape index (κ3) is 3.87. The minimum absolute atomic E-state index is 0.175. The van der Waals surface area contributed by atoms with Gasteiger partial charge in [-0.3, -0.25) is 14.4 Å². The molecule has 0 unspecified atom stereocenters. The lowest BCUT2D eigenvalue weighted by atomic mass is 10.0. The Bertz CT molecular complexity index is 1250. The zero-order valence-electron chi connectivity index (χ0n) is 18.8. The average molecular weight is 466 g/mol. The van der Waals surface area contributed by atoms with Crippen molar-refractivity contribution < 1.29 is 4.79 Å². The summed E-state index contributed by atoms with van der Waals surface area (Å²) in [6.45, 7) is 10.5. The van der Waals surface area contributed by atoms with Crippen LogP contribution in [0.4, 0.5) is 5.00 Å². The molecule has 8 heteroatoms. The maximum absolute atomic E-state index is 13.1. The number of thiophene rings is 1. The molecule has 1 aliphatic heterocycles. The van der Waals surface area contributed by atoms with Crippen LogP contribution in [0, 0.1) is 0 Å². The number of aromatic nitrogens is 3. The summed E-state index contributed by atoms with van der Waals surface area (Å²) in [6, 6.07) is 10.7. The Morgan fingerprint density at radius 2 is 1.91 bits per heavy atom. The summed E-state index contributed by atoms with van der Waals surface area (Å²) in [4.78, 5) is 21.8. The van der Waals surface area contributed by atoms with Crippen molar-refractivity contribution in [3.63, 3.8) is 0 Å². The van der Waals surface area contributed by atoms with Crippen molar-refractivity contribution in [3.05, 3.63) is 52.7 Å². The second-order valence-electron chi connectivity index (χ2n) is 8.74. The van der Waals surface area contributed by atoms with Crippen LogP contribution in [0.2, 0.25) is 0 Å². The second-order valence-corrected chi connectivity index (χ2v) is 10.9. The molecule has 4 heterocycles. The molecule has 0 saturated heterocycles. The van der Waals surface area contributed by atoms with Gasteiger partial charge in [0, 0.05) is 41.8 Å². The van der Waals surface area contributed by atoms with E-state index in [-0.39, 0.29) is 11.9 Å². The highest BCUT2D eigenvalue weighted by Gasteiger charge is 2.29. The van der Waals surface area contributed by atoms with Crippen molar-refractivity contribution in [2.75, 3.05) is 11.9 Å². The van der Waals surface area contributed by atoms with Crippen LogP contribution in [-0.2, 0) is 13.0 Å². The predicted molar refractivity (Wildman–Crippen MR) is 133 cm³/mol. The summed E-state index contributed by atoms with van der Waals surface area (Å²) in [7, 11) is 0. The van der Waals surface area contributed by atoms with Gasteiger partial charge < -0.3 is 5.32 Å². The fraction of sp³-hybridized carbons (Fsp3) is 0.375. The molecule has 0 radical (unpaired) electrons. The Morgan fingerprint density at radius 1 is 1.09 bits per heavy atom. The molecule has 0 aliphatic carbocycles. The van der Waals surface area contributed by atoms with Crippen LogP contribution >= 0.6 is 22.7 Å². The van der Waals surface area contributed by atoms with E-state index in [1.807, 2.05) is 42.9 Å². The predicted octanol–water partition coefficient (Wildman–Crippen LogP) is 5.82. The quantitative estimate of drug-likeness (QED) is 0.403. The van der Waals surface area contributed by atoms with Crippen LogP contribution in [0.5, 0.6) is 0 Å². The van der Waals surface area contributed by atoms with Gasteiger partial charge in [-0.15, -0.1) is 22.7 Å². The Morgan fingerprint density at radius 3 is 2.62 bits per heavy atom. The molecule has 1 amide bonds. The smallest absolute Gasteiger partial charge is 0.276 e. The Balaban J connectivity index is 1.55. The molecule has 32 heavy (non-hydrogen) atoms. The van der Waals surface area contributed by atoms with Gasteiger partial charge in [-0.1, -0.05) is 12.1 Å². The third-order valence-electron chi connectivity index (χ3n) is 5.92. The van der Waals surface area contributed by atoms with Gasteiger partial charge in [0.1, 0.15) is 10.0 Å². The number of thiazole rings is 1. The standard InChI is InChI=1S/C24H27N5OS2/c1-14(2)28-11-9-16-20(13-28)32-24(26-22(30)18-10-12-29(27-18)15(3)4)21(16)23-25-17-7-5-6-8-19(17)31-23/h5-8,10,12,14-15H,9,11,13H2,1-4H3,(H,26,30). The molecule has 4 aromatic rings. The molecule has 1 aromatic carbocycles. The van der Waals surface area contributed by atoms with Gasteiger partial charge in [0.25, 0.3) is 5.91 Å². The first-order valence-electron chi connectivity index (χ1n) is 11.0. The Kier molecular flexibility index (Phi) is 5.61. The molecular formula is C24H27N5OS2.